The number of anilines is 1. The predicted molar refractivity (Wildman–Crippen MR) is 122 cm³/mol. The maximum atomic E-state index is 14.5. The van der Waals surface area contributed by atoms with E-state index in [0.29, 0.717) is 5.69 Å². The Bertz CT molecular complexity index is 1150. The Labute approximate surface area is 193 Å². The summed E-state index contributed by atoms with van der Waals surface area (Å²) in [4.78, 5) is 26.3. The first kappa shape index (κ1) is 24.8. The number of carbonyl (C=O) groups is 2. The highest BCUT2D eigenvalue weighted by molar-refractivity contribution is 7.89. The van der Waals surface area contributed by atoms with Gasteiger partial charge in [-0.1, -0.05) is 17.7 Å². The van der Waals surface area contributed by atoms with Crippen molar-refractivity contribution >= 4 is 27.5 Å². The maximum absolute atomic E-state index is 14.5. The quantitative estimate of drug-likeness (QED) is 0.690. The third kappa shape index (κ3) is 5.58. The number of aryl methyl sites for hydroxylation is 3. The van der Waals surface area contributed by atoms with E-state index in [4.69, 9.17) is 4.74 Å². The van der Waals surface area contributed by atoms with Crippen LogP contribution in [0, 0.1) is 26.6 Å². The molecule has 1 heterocycles. The highest BCUT2D eigenvalue weighted by Gasteiger charge is 2.28. The minimum Gasteiger partial charge on any atom is -0.379 e. The average molecular weight is 478 g/mol. The Morgan fingerprint density at radius 1 is 1.09 bits per heavy atom. The van der Waals surface area contributed by atoms with Gasteiger partial charge in [0.15, 0.2) is 0 Å². The number of nitrogens with one attached hydrogen (secondary N) is 1. The number of amides is 2. The van der Waals surface area contributed by atoms with Gasteiger partial charge < -0.3 is 15.0 Å². The van der Waals surface area contributed by atoms with Crippen LogP contribution in [-0.2, 0) is 19.6 Å². The smallest absolute Gasteiger partial charge is 0.257 e. The molecule has 0 unspecified atom stereocenters. The molecule has 0 aromatic heterocycles. The van der Waals surface area contributed by atoms with Gasteiger partial charge in [-0.25, -0.2) is 12.8 Å². The van der Waals surface area contributed by atoms with Gasteiger partial charge in [0.2, 0.25) is 15.9 Å². The number of hydrogen-bond donors (Lipinski definition) is 1. The number of halogens is 1. The van der Waals surface area contributed by atoms with Crippen LogP contribution in [0.2, 0.25) is 0 Å². The fourth-order valence-corrected chi connectivity index (χ4v) is 5.25. The summed E-state index contributed by atoms with van der Waals surface area (Å²) in [5, 5.41) is 2.80. The Kier molecular flexibility index (Phi) is 7.51. The van der Waals surface area contributed by atoms with E-state index in [1.807, 2.05) is 32.9 Å². The molecule has 1 aliphatic rings. The van der Waals surface area contributed by atoms with Crippen LogP contribution >= 0.6 is 0 Å². The number of nitrogens with zero attached hydrogens (tertiary/aromatic N) is 2. The molecule has 10 heteroatoms. The monoisotopic (exact) mass is 477 g/mol. The zero-order valence-corrected chi connectivity index (χ0v) is 20.0. The summed E-state index contributed by atoms with van der Waals surface area (Å²) in [7, 11) is -2.54. The van der Waals surface area contributed by atoms with Crippen LogP contribution in [0.5, 0.6) is 0 Å². The summed E-state index contributed by atoms with van der Waals surface area (Å²) >= 11 is 0. The molecule has 1 aliphatic heterocycles. The summed E-state index contributed by atoms with van der Waals surface area (Å²) < 4.78 is 46.6. The predicted octanol–water partition coefficient (Wildman–Crippen LogP) is 2.48. The highest BCUT2D eigenvalue weighted by atomic mass is 32.2. The lowest BCUT2D eigenvalue weighted by Crippen LogP contribution is -2.40. The van der Waals surface area contributed by atoms with Crippen molar-refractivity contribution < 1.29 is 27.1 Å². The van der Waals surface area contributed by atoms with Gasteiger partial charge in [0.25, 0.3) is 5.91 Å². The Morgan fingerprint density at radius 3 is 2.30 bits per heavy atom. The van der Waals surface area contributed by atoms with Crippen molar-refractivity contribution in [1.82, 2.24) is 9.21 Å². The second-order valence-electron chi connectivity index (χ2n) is 8.14. The number of morpholine rings is 1. The fraction of sp³-hybridized carbons (Fsp3) is 0.391. The number of benzene rings is 2. The minimum atomic E-state index is -3.90. The number of likely N-dealkylation sites (N-methyl/N-ethyl adjacent to an activating group) is 1. The third-order valence-corrected chi connectivity index (χ3v) is 7.34. The maximum Gasteiger partial charge on any atom is 0.257 e. The molecule has 1 N–H and O–H groups in total. The van der Waals surface area contributed by atoms with Crippen LogP contribution in [0.3, 0.4) is 0 Å². The van der Waals surface area contributed by atoms with Crippen molar-refractivity contribution in [3.05, 3.63) is 58.4 Å². The Balaban J connectivity index is 1.76. The van der Waals surface area contributed by atoms with Crippen LogP contribution in [0.1, 0.15) is 27.0 Å². The van der Waals surface area contributed by atoms with Gasteiger partial charge in [-0.15, -0.1) is 0 Å². The van der Waals surface area contributed by atoms with Gasteiger partial charge in [0.05, 0.1) is 30.2 Å². The van der Waals surface area contributed by atoms with E-state index < -0.39 is 33.2 Å². The van der Waals surface area contributed by atoms with Crippen molar-refractivity contribution in [3.8, 4) is 0 Å². The molecule has 2 aromatic rings. The molecule has 33 heavy (non-hydrogen) atoms. The SMILES string of the molecule is Cc1cc(C)c(NC(=O)CN(C)C(=O)c2cc(S(=O)(=O)N3CCOCC3)ccc2F)c(C)c1. The standard InChI is InChI=1S/C23H28FN3O5S/c1-15-11-16(2)22(17(3)12-15)25-21(28)14-26(4)23(29)19-13-18(5-6-20(19)24)33(30,31)27-7-9-32-10-8-27/h5-6,11-13H,7-10,14H2,1-4H3,(H,25,28). The van der Waals surface area contributed by atoms with Crippen LogP contribution in [-0.4, -0.2) is 69.3 Å². The lowest BCUT2D eigenvalue weighted by atomic mass is 10.1. The first-order chi connectivity index (χ1) is 15.5. The lowest BCUT2D eigenvalue weighted by Gasteiger charge is -2.26. The van der Waals surface area contributed by atoms with E-state index in [1.54, 1.807) is 0 Å². The molecular weight excluding hydrogens is 449 g/mol. The zero-order chi connectivity index (χ0) is 24.3. The van der Waals surface area contributed by atoms with Gasteiger partial charge in [-0.3, -0.25) is 9.59 Å². The van der Waals surface area contributed by atoms with E-state index in [0.717, 1.165) is 39.8 Å². The summed E-state index contributed by atoms with van der Waals surface area (Å²) in [6.07, 6.45) is 0. The van der Waals surface area contributed by atoms with E-state index in [1.165, 1.54) is 11.4 Å². The molecule has 2 aromatic carbocycles. The molecule has 2 amide bonds. The van der Waals surface area contributed by atoms with Gasteiger partial charge in [0, 0.05) is 25.8 Å². The number of sulfonamides is 1. The van der Waals surface area contributed by atoms with Crippen molar-refractivity contribution in [3.63, 3.8) is 0 Å². The second-order valence-corrected chi connectivity index (χ2v) is 10.1. The molecule has 8 nitrogen and oxygen atoms in total. The van der Waals surface area contributed by atoms with E-state index in [2.05, 4.69) is 5.32 Å². The molecule has 0 bridgehead atoms. The molecule has 0 aliphatic carbocycles. The Hall–Kier alpha value is -2.82. The summed E-state index contributed by atoms with van der Waals surface area (Å²) in [6.45, 7) is 6.28. The van der Waals surface area contributed by atoms with Crippen LogP contribution in [0.15, 0.2) is 35.2 Å². The molecular formula is C23H28FN3O5S. The highest BCUT2D eigenvalue weighted by Crippen LogP contribution is 2.23. The molecule has 0 radical (unpaired) electrons. The van der Waals surface area contributed by atoms with Crippen molar-refractivity contribution in [2.45, 2.75) is 25.7 Å². The third-order valence-electron chi connectivity index (χ3n) is 5.44. The largest absolute Gasteiger partial charge is 0.379 e. The lowest BCUT2D eigenvalue weighted by molar-refractivity contribution is -0.116. The number of ether oxygens (including phenoxy) is 1. The molecule has 0 saturated carbocycles. The molecule has 1 fully saturated rings. The summed E-state index contributed by atoms with van der Waals surface area (Å²) in [5.41, 5.74) is 3.10. The number of carbonyl (C=O) groups excluding carboxylic acids is 2. The minimum absolute atomic E-state index is 0.181. The first-order valence-corrected chi connectivity index (χ1v) is 12.0. The van der Waals surface area contributed by atoms with Crippen LogP contribution in [0.25, 0.3) is 0 Å². The summed E-state index contributed by atoms with van der Waals surface area (Å²) in [5.74, 6) is -2.10. The number of rotatable bonds is 6. The van der Waals surface area contributed by atoms with E-state index in [-0.39, 0.29) is 37.7 Å². The topological polar surface area (TPSA) is 96.0 Å². The number of hydrogen-bond acceptors (Lipinski definition) is 5. The molecule has 0 spiro atoms. The molecule has 1 saturated heterocycles. The Morgan fingerprint density at radius 2 is 1.70 bits per heavy atom. The van der Waals surface area contributed by atoms with Crippen molar-refractivity contribution in [2.75, 3.05) is 45.2 Å². The van der Waals surface area contributed by atoms with Crippen molar-refractivity contribution in [2.24, 2.45) is 0 Å². The molecule has 178 valence electrons. The van der Waals surface area contributed by atoms with Crippen molar-refractivity contribution in [1.29, 1.82) is 0 Å². The fourth-order valence-electron chi connectivity index (χ4n) is 3.81. The van der Waals surface area contributed by atoms with Gasteiger partial charge in [-0.05, 0) is 50.1 Å². The van der Waals surface area contributed by atoms with Crippen LogP contribution in [0.4, 0.5) is 10.1 Å². The van der Waals surface area contributed by atoms with Gasteiger partial charge in [0.1, 0.15) is 5.82 Å². The normalized spacial score (nSPS) is 14.7. The van der Waals surface area contributed by atoms with E-state index >= 15 is 0 Å². The van der Waals surface area contributed by atoms with E-state index in [9.17, 15) is 22.4 Å². The van der Waals surface area contributed by atoms with Crippen LogP contribution < -0.4 is 5.32 Å². The summed E-state index contributed by atoms with van der Waals surface area (Å²) in [6, 6.07) is 6.98. The molecule has 0 atom stereocenters. The second kappa shape index (κ2) is 9.98. The zero-order valence-electron chi connectivity index (χ0n) is 19.1. The van der Waals surface area contributed by atoms with Gasteiger partial charge in [-0.2, -0.15) is 4.31 Å². The first-order valence-electron chi connectivity index (χ1n) is 10.5. The molecule has 3 rings (SSSR count). The average Bonchev–Trinajstić information content (AvgIpc) is 2.76. The van der Waals surface area contributed by atoms with Gasteiger partial charge >= 0.3 is 0 Å².